The first-order valence-corrected chi connectivity index (χ1v) is 6.38. The van der Waals surface area contributed by atoms with Crippen LogP contribution in [0.2, 0.25) is 0 Å². The van der Waals surface area contributed by atoms with Gasteiger partial charge in [-0.25, -0.2) is 8.78 Å². The number of carbonyl (C=O) groups is 1. The average Bonchev–Trinajstić information content (AvgIpc) is 2.48. The minimum Gasteiger partial charge on any atom is -0.349 e. The third kappa shape index (κ3) is 4.38. The number of carbonyl (C=O) groups excluding carboxylic acids is 1. The van der Waals surface area contributed by atoms with Crippen molar-refractivity contribution >= 4 is 11.5 Å². The van der Waals surface area contributed by atoms with Gasteiger partial charge in [0.1, 0.15) is 17.3 Å². The SMILES string of the molecule is O=C(/C=C(\Nc1ccc(F)cc1F)C(F)(F)F)c1ccccc1. The van der Waals surface area contributed by atoms with Crippen LogP contribution in [-0.2, 0) is 0 Å². The van der Waals surface area contributed by atoms with E-state index in [1.165, 1.54) is 24.3 Å². The van der Waals surface area contributed by atoms with Crippen molar-refractivity contribution in [1.29, 1.82) is 0 Å². The fourth-order valence-corrected chi connectivity index (χ4v) is 1.74. The first kappa shape index (κ1) is 16.7. The second-order valence-corrected chi connectivity index (χ2v) is 4.54. The van der Waals surface area contributed by atoms with Crippen LogP contribution in [0.5, 0.6) is 0 Å². The van der Waals surface area contributed by atoms with Gasteiger partial charge in [0, 0.05) is 17.7 Å². The highest BCUT2D eigenvalue weighted by atomic mass is 19.4. The molecule has 2 aromatic carbocycles. The molecule has 0 radical (unpaired) electrons. The number of benzene rings is 2. The highest BCUT2D eigenvalue weighted by Gasteiger charge is 2.35. The Balaban J connectivity index is 2.34. The maximum absolute atomic E-state index is 13.5. The van der Waals surface area contributed by atoms with E-state index in [0.717, 1.165) is 12.1 Å². The molecule has 2 nitrogen and oxygen atoms in total. The lowest BCUT2D eigenvalue weighted by molar-refractivity contribution is -0.0903. The topological polar surface area (TPSA) is 29.1 Å². The van der Waals surface area contributed by atoms with Crippen LogP contribution in [0, 0.1) is 11.6 Å². The fourth-order valence-electron chi connectivity index (χ4n) is 1.74. The van der Waals surface area contributed by atoms with Crippen molar-refractivity contribution in [2.75, 3.05) is 5.32 Å². The average molecular weight is 327 g/mol. The number of allylic oxidation sites excluding steroid dienone is 2. The molecule has 0 aliphatic carbocycles. The van der Waals surface area contributed by atoms with E-state index in [1.54, 1.807) is 11.4 Å². The smallest absolute Gasteiger partial charge is 0.349 e. The molecule has 120 valence electrons. The number of nitrogens with one attached hydrogen (secondary N) is 1. The molecule has 0 fully saturated rings. The van der Waals surface area contributed by atoms with Gasteiger partial charge in [0.15, 0.2) is 5.78 Å². The molecular formula is C16H10F5NO. The van der Waals surface area contributed by atoms with Gasteiger partial charge < -0.3 is 5.32 Å². The fraction of sp³-hybridized carbons (Fsp3) is 0.0625. The molecule has 0 heterocycles. The number of alkyl halides is 3. The highest BCUT2D eigenvalue weighted by Crippen LogP contribution is 2.28. The number of halogens is 5. The van der Waals surface area contributed by atoms with E-state index < -0.39 is 35.0 Å². The molecule has 7 heteroatoms. The minimum atomic E-state index is -4.91. The summed E-state index contributed by atoms with van der Waals surface area (Å²) >= 11 is 0. The van der Waals surface area contributed by atoms with Gasteiger partial charge in [-0.05, 0) is 12.1 Å². The highest BCUT2D eigenvalue weighted by molar-refractivity contribution is 6.05. The van der Waals surface area contributed by atoms with Gasteiger partial charge in [0.2, 0.25) is 0 Å². The van der Waals surface area contributed by atoms with Crippen LogP contribution in [0.25, 0.3) is 0 Å². The molecule has 0 aliphatic rings. The summed E-state index contributed by atoms with van der Waals surface area (Å²) in [4.78, 5) is 11.9. The summed E-state index contributed by atoms with van der Waals surface area (Å²) in [5.41, 5.74) is -1.98. The Morgan fingerprint density at radius 1 is 1.00 bits per heavy atom. The largest absolute Gasteiger partial charge is 0.431 e. The van der Waals surface area contributed by atoms with Crippen LogP contribution in [0.3, 0.4) is 0 Å². The van der Waals surface area contributed by atoms with E-state index in [1.807, 2.05) is 0 Å². The molecule has 0 amide bonds. The van der Waals surface area contributed by atoms with Gasteiger partial charge in [0.25, 0.3) is 0 Å². The number of hydrogen-bond donors (Lipinski definition) is 1. The Labute approximate surface area is 128 Å². The van der Waals surface area contributed by atoms with E-state index in [9.17, 15) is 26.7 Å². The predicted molar refractivity (Wildman–Crippen MR) is 74.9 cm³/mol. The Hall–Kier alpha value is -2.70. The molecular weight excluding hydrogens is 317 g/mol. The van der Waals surface area contributed by atoms with Crippen molar-refractivity contribution in [3.05, 3.63) is 77.5 Å². The van der Waals surface area contributed by atoms with Gasteiger partial charge in [0.05, 0.1) is 5.69 Å². The van der Waals surface area contributed by atoms with E-state index in [4.69, 9.17) is 0 Å². The van der Waals surface area contributed by atoms with Crippen LogP contribution in [-0.4, -0.2) is 12.0 Å². The molecule has 2 aromatic rings. The zero-order valence-corrected chi connectivity index (χ0v) is 11.5. The number of anilines is 1. The third-order valence-corrected chi connectivity index (χ3v) is 2.84. The molecule has 0 bridgehead atoms. The predicted octanol–water partition coefficient (Wildman–Crippen LogP) is 4.71. The summed E-state index contributed by atoms with van der Waals surface area (Å²) in [5.74, 6) is -3.02. The second kappa shape index (κ2) is 6.60. The summed E-state index contributed by atoms with van der Waals surface area (Å²) in [5, 5.41) is 1.79. The maximum atomic E-state index is 13.5. The van der Waals surface area contributed by atoms with Gasteiger partial charge >= 0.3 is 6.18 Å². The summed E-state index contributed by atoms with van der Waals surface area (Å²) in [7, 11) is 0. The lowest BCUT2D eigenvalue weighted by Crippen LogP contribution is -2.21. The van der Waals surface area contributed by atoms with Crippen molar-refractivity contribution in [2.45, 2.75) is 6.18 Å². The van der Waals surface area contributed by atoms with Crippen LogP contribution >= 0.6 is 0 Å². The van der Waals surface area contributed by atoms with E-state index in [2.05, 4.69) is 0 Å². The van der Waals surface area contributed by atoms with Crippen LogP contribution in [0.4, 0.5) is 27.6 Å². The van der Waals surface area contributed by atoms with E-state index >= 15 is 0 Å². The lowest BCUT2D eigenvalue weighted by atomic mass is 10.1. The minimum absolute atomic E-state index is 0.0515. The zero-order valence-electron chi connectivity index (χ0n) is 11.5. The molecule has 0 unspecified atom stereocenters. The first-order chi connectivity index (χ1) is 10.8. The Morgan fingerprint density at radius 2 is 1.65 bits per heavy atom. The molecule has 0 saturated carbocycles. The van der Waals surface area contributed by atoms with Gasteiger partial charge in [-0.15, -0.1) is 0 Å². The molecule has 2 rings (SSSR count). The number of rotatable bonds is 4. The van der Waals surface area contributed by atoms with Crippen molar-refractivity contribution in [3.63, 3.8) is 0 Å². The van der Waals surface area contributed by atoms with Gasteiger partial charge in [-0.1, -0.05) is 30.3 Å². The molecule has 0 spiro atoms. The standard InChI is InChI=1S/C16H10F5NO/c17-11-6-7-13(12(18)8-11)22-15(16(19,20)21)9-14(23)10-4-2-1-3-5-10/h1-9,22H/b15-9-. The Morgan fingerprint density at radius 3 is 2.22 bits per heavy atom. The number of hydrogen-bond acceptors (Lipinski definition) is 2. The van der Waals surface area contributed by atoms with Crippen molar-refractivity contribution in [1.82, 2.24) is 0 Å². The Kier molecular flexibility index (Phi) is 4.78. The summed E-state index contributed by atoms with van der Waals surface area (Å²) < 4.78 is 65.3. The third-order valence-electron chi connectivity index (χ3n) is 2.84. The van der Waals surface area contributed by atoms with Gasteiger partial charge in [-0.3, -0.25) is 4.79 Å². The maximum Gasteiger partial charge on any atom is 0.431 e. The normalized spacial score (nSPS) is 12.1. The van der Waals surface area contributed by atoms with Gasteiger partial charge in [-0.2, -0.15) is 13.2 Å². The lowest BCUT2D eigenvalue weighted by Gasteiger charge is -2.14. The zero-order chi connectivity index (χ0) is 17.0. The van der Waals surface area contributed by atoms with E-state index in [0.29, 0.717) is 12.1 Å². The molecule has 0 aliphatic heterocycles. The first-order valence-electron chi connectivity index (χ1n) is 6.38. The molecule has 1 N–H and O–H groups in total. The van der Waals surface area contributed by atoms with Crippen molar-refractivity contribution < 1.29 is 26.7 Å². The molecule has 0 saturated heterocycles. The molecule has 0 atom stereocenters. The summed E-state index contributed by atoms with van der Waals surface area (Å²) in [6.45, 7) is 0. The van der Waals surface area contributed by atoms with Crippen LogP contribution < -0.4 is 5.32 Å². The van der Waals surface area contributed by atoms with Crippen molar-refractivity contribution in [2.24, 2.45) is 0 Å². The summed E-state index contributed by atoms with van der Waals surface area (Å²) in [6, 6.07) is 9.38. The number of ketones is 1. The van der Waals surface area contributed by atoms with Crippen LogP contribution in [0.1, 0.15) is 10.4 Å². The quantitative estimate of drug-likeness (QED) is 0.501. The molecule has 23 heavy (non-hydrogen) atoms. The molecule has 0 aromatic heterocycles. The van der Waals surface area contributed by atoms with Crippen LogP contribution in [0.15, 0.2) is 60.3 Å². The van der Waals surface area contributed by atoms with Crippen molar-refractivity contribution in [3.8, 4) is 0 Å². The monoisotopic (exact) mass is 327 g/mol. The van der Waals surface area contributed by atoms with E-state index in [-0.39, 0.29) is 5.56 Å². The summed E-state index contributed by atoms with van der Waals surface area (Å²) in [6.07, 6.45) is -4.58. The second-order valence-electron chi connectivity index (χ2n) is 4.54. The Bertz CT molecular complexity index is 738.